The predicted molar refractivity (Wildman–Crippen MR) is 127 cm³/mol. The summed E-state index contributed by atoms with van der Waals surface area (Å²) in [5.41, 5.74) is 0.866. The fraction of sp³-hybridized carbons (Fsp3) is 0.208. The van der Waals surface area contributed by atoms with Crippen molar-refractivity contribution in [2.45, 2.75) is 24.8 Å². The number of ether oxygens (including phenoxy) is 3. The second-order valence-electron chi connectivity index (χ2n) is 7.01. The predicted octanol–water partition coefficient (Wildman–Crippen LogP) is 4.30. The molecule has 0 saturated carbocycles. The number of amides is 1. The smallest absolute Gasteiger partial charge is 0.265 e. The van der Waals surface area contributed by atoms with E-state index in [1.165, 1.54) is 24.3 Å². The van der Waals surface area contributed by atoms with Gasteiger partial charge in [-0.3, -0.25) is 9.52 Å². The lowest BCUT2D eigenvalue weighted by molar-refractivity contribution is -0.122. The van der Waals surface area contributed by atoms with Crippen molar-refractivity contribution in [2.75, 3.05) is 23.8 Å². The van der Waals surface area contributed by atoms with Crippen molar-refractivity contribution < 1.29 is 27.4 Å². The maximum Gasteiger partial charge on any atom is 0.265 e. The molecule has 8 nitrogen and oxygen atoms in total. The molecule has 1 amide bonds. The van der Waals surface area contributed by atoms with Gasteiger partial charge < -0.3 is 19.5 Å². The first kappa shape index (κ1) is 23.9. The molecule has 0 spiro atoms. The standard InChI is InChI=1S/C24H26N2O6S/c1-4-31-21-9-5-19(6-10-21)26-33(28,29)23-15-7-18(8-16-23)25-24(27)17(2)32-22-13-11-20(30-3)12-14-22/h5-17,26H,4H2,1-3H3,(H,25,27)/t17-/m0/s1. The molecular weight excluding hydrogens is 444 g/mol. The molecule has 0 radical (unpaired) electrons. The van der Waals surface area contributed by atoms with Crippen molar-refractivity contribution in [1.29, 1.82) is 0 Å². The number of methoxy groups -OCH3 is 1. The van der Waals surface area contributed by atoms with Gasteiger partial charge in [0.15, 0.2) is 6.10 Å². The van der Waals surface area contributed by atoms with Gasteiger partial charge >= 0.3 is 0 Å². The second-order valence-corrected chi connectivity index (χ2v) is 8.69. The third-order valence-electron chi connectivity index (χ3n) is 4.59. The van der Waals surface area contributed by atoms with Crippen LogP contribution in [0.5, 0.6) is 17.2 Å². The lowest BCUT2D eigenvalue weighted by atomic mass is 10.3. The number of carbonyl (C=O) groups excluding carboxylic acids is 1. The molecule has 0 aliphatic rings. The quantitative estimate of drug-likeness (QED) is 0.458. The van der Waals surface area contributed by atoms with Crippen molar-refractivity contribution in [3.05, 3.63) is 72.8 Å². The van der Waals surface area contributed by atoms with Gasteiger partial charge in [-0.1, -0.05) is 0 Å². The van der Waals surface area contributed by atoms with Crippen LogP contribution in [0.15, 0.2) is 77.7 Å². The fourth-order valence-corrected chi connectivity index (χ4v) is 3.93. The number of rotatable bonds is 10. The normalized spacial score (nSPS) is 11.8. The summed E-state index contributed by atoms with van der Waals surface area (Å²) in [4.78, 5) is 12.5. The molecule has 9 heteroatoms. The largest absolute Gasteiger partial charge is 0.497 e. The molecule has 174 valence electrons. The van der Waals surface area contributed by atoms with E-state index in [4.69, 9.17) is 14.2 Å². The number of nitrogens with one attached hydrogen (secondary N) is 2. The summed E-state index contributed by atoms with van der Waals surface area (Å²) in [5.74, 6) is 1.51. The van der Waals surface area contributed by atoms with Crippen molar-refractivity contribution in [1.82, 2.24) is 0 Å². The topological polar surface area (TPSA) is 103 Å². The van der Waals surface area contributed by atoms with Crippen LogP contribution >= 0.6 is 0 Å². The lowest BCUT2D eigenvalue weighted by Crippen LogP contribution is -2.30. The number of sulfonamides is 1. The molecule has 33 heavy (non-hydrogen) atoms. The summed E-state index contributed by atoms with van der Waals surface area (Å²) in [6.45, 7) is 4.02. The lowest BCUT2D eigenvalue weighted by Gasteiger charge is -2.15. The van der Waals surface area contributed by atoms with Crippen LogP contribution < -0.4 is 24.2 Å². The zero-order chi connectivity index (χ0) is 23.8. The molecule has 2 N–H and O–H groups in total. The minimum atomic E-state index is -3.78. The number of benzene rings is 3. The van der Waals surface area contributed by atoms with E-state index in [0.717, 1.165) is 0 Å². The van der Waals surface area contributed by atoms with Crippen LogP contribution in [0.4, 0.5) is 11.4 Å². The Kier molecular flexibility index (Phi) is 7.78. The minimum Gasteiger partial charge on any atom is -0.497 e. The Morgan fingerprint density at radius 2 is 1.39 bits per heavy atom. The summed E-state index contributed by atoms with van der Waals surface area (Å²) in [6.07, 6.45) is -0.761. The molecular formula is C24H26N2O6S. The molecule has 3 aromatic carbocycles. The van der Waals surface area contributed by atoms with E-state index in [-0.39, 0.29) is 10.8 Å². The Balaban J connectivity index is 1.59. The molecule has 0 unspecified atom stereocenters. The van der Waals surface area contributed by atoms with Gasteiger partial charge in [-0.25, -0.2) is 8.42 Å². The first-order valence-corrected chi connectivity index (χ1v) is 11.8. The van der Waals surface area contributed by atoms with E-state index in [1.54, 1.807) is 62.6 Å². The molecule has 0 aromatic heterocycles. The Bertz CT molecular complexity index is 1160. The Morgan fingerprint density at radius 1 is 0.848 bits per heavy atom. The molecule has 0 fully saturated rings. The zero-order valence-electron chi connectivity index (χ0n) is 18.6. The van der Waals surface area contributed by atoms with E-state index in [9.17, 15) is 13.2 Å². The van der Waals surface area contributed by atoms with Gasteiger partial charge in [0.25, 0.3) is 15.9 Å². The summed E-state index contributed by atoms with van der Waals surface area (Å²) in [7, 11) is -2.22. The van der Waals surface area contributed by atoms with Crippen molar-refractivity contribution >= 4 is 27.3 Å². The van der Waals surface area contributed by atoms with Crippen LogP contribution in [0.3, 0.4) is 0 Å². The molecule has 0 aliphatic carbocycles. The van der Waals surface area contributed by atoms with Crippen molar-refractivity contribution in [3.63, 3.8) is 0 Å². The summed E-state index contributed by atoms with van der Waals surface area (Å²) in [5, 5.41) is 2.71. The van der Waals surface area contributed by atoms with Gasteiger partial charge in [0.1, 0.15) is 17.2 Å². The SMILES string of the molecule is CCOc1ccc(NS(=O)(=O)c2ccc(NC(=O)[C@H](C)Oc3ccc(OC)cc3)cc2)cc1. The third kappa shape index (κ3) is 6.63. The highest BCUT2D eigenvalue weighted by molar-refractivity contribution is 7.92. The Labute approximate surface area is 193 Å². The van der Waals surface area contributed by atoms with E-state index in [1.807, 2.05) is 6.92 Å². The number of carbonyl (C=O) groups is 1. The summed E-state index contributed by atoms with van der Waals surface area (Å²) < 4.78 is 43.9. The number of anilines is 2. The van der Waals surface area contributed by atoms with Crippen molar-refractivity contribution in [2.24, 2.45) is 0 Å². The van der Waals surface area contributed by atoms with E-state index in [2.05, 4.69) is 10.0 Å². The van der Waals surface area contributed by atoms with Gasteiger partial charge in [0, 0.05) is 11.4 Å². The molecule has 0 bridgehead atoms. The van der Waals surface area contributed by atoms with Crippen LogP contribution in [0.2, 0.25) is 0 Å². The average molecular weight is 471 g/mol. The highest BCUT2D eigenvalue weighted by atomic mass is 32.2. The monoisotopic (exact) mass is 470 g/mol. The molecule has 0 heterocycles. The van der Waals surface area contributed by atoms with E-state index >= 15 is 0 Å². The maximum absolute atomic E-state index is 12.6. The van der Waals surface area contributed by atoms with Crippen molar-refractivity contribution in [3.8, 4) is 17.2 Å². The van der Waals surface area contributed by atoms with Crippen LogP contribution in [0.25, 0.3) is 0 Å². The minimum absolute atomic E-state index is 0.0666. The zero-order valence-corrected chi connectivity index (χ0v) is 19.4. The molecule has 0 saturated heterocycles. The van der Waals surface area contributed by atoms with E-state index < -0.39 is 16.1 Å². The highest BCUT2D eigenvalue weighted by Gasteiger charge is 2.17. The van der Waals surface area contributed by atoms with Crippen LogP contribution in [-0.2, 0) is 14.8 Å². The highest BCUT2D eigenvalue weighted by Crippen LogP contribution is 2.22. The van der Waals surface area contributed by atoms with Crippen LogP contribution in [0, 0.1) is 0 Å². The molecule has 1 atom stereocenters. The summed E-state index contributed by atoms with van der Waals surface area (Å²) in [6, 6.07) is 19.4. The van der Waals surface area contributed by atoms with Crippen LogP contribution in [0.1, 0.15) is 13.8 Å². The summed E-state index contributed by atoms with van der Waals surface area (Å²) >= 11 is 0. The van der Waals surface area contributed by atoms with Gasteiger partial charge in [-0.2, -0.15) is 0 Å². The van der Waals surface area contributed by atoms with Gasteiger partial charge in [-0.05, 0) is 86.6 Å². The average Bonchev–Trinajstić information content (AvgIpc) is 2.81. The molecule has 3 rings (SSSR count). The first-order valence-electron chi connectivity index (χ1n) is 10.3. The Hall–Kier alpha value is -3.72. The first-order chi connectivity index (χ1) is 15.8. The van der Waals surface area contributed by atoms with Gasteiger partial charge in [-0.15, -0.1) is 0 Å². The van der Waals surface area contributed by atoms with Gasteiger partial charge in [0.2, 0.25) is 0 Å². The van der Waals surface area contributed by atoms with Crippen LogP contribution in [-0.4, -0.2) is 34.1 Å². The second kappa shape index (κ2) is 10.7. The molecule has 0 aliphatic heterocycles. The number of hydrogen-bond acceptors (Lipinski definition) is 6. The van der Waals surface area contributed by atoms with Gasteiger partial charge in [0.05, 0.1) is 18.6 Å². The van der Waals surface area contributed by atoms with E-state index in [0.29, 0.717) is 35.2 Å². The fourth-order valence-electron chi connectivity index (χ4n) is 2.87. The Morgan fingerprint density at radius 3 is 1.97 bits per heavy atom. The molecule has 3 aromatic rings. The number of hydrogen-bond donors (Lipinski definition) is 2. The third-order valence-corrected chi connectivity index (χ3v) is 5.99. The maximum atomic E-state index is 12.6.